The molecule has 3 N–H and O–H groups in total. The summed E-state index contributed by atoms with van der Waals surface area (Å²) in [6, 6.07) is 2.90. The summed E-state index contributed by atoms with van der Waals surface area (Å²) in [6.07, 6.45) is 4.47. The Bertz CT molecular complexity index is 1080. The van der Waals surface area contributed by atoms with E-state index in [0.29, 0.717) is 29.6 Å². The maximum atomic E-state index is 13.6. The number of aromatic amines is 1. The molecule has 1 fully saturated rings. The Morgan fingerprint density at radius 3 is 2.77 bits per heavy atom. The normalized spacial score (nSPS) is 19.4. The highest BCUT2D eigenvalue weighted by Gasteiger charge is 2.34. The summed E-state index contributed by atoms with van der Waals surface area (Å²) < 4.78 is 51.1. The van der Waals surface area contributed by atoms with Crippen LogP contribution in [0.25, 0.3) is 22.2 Å². The van der Waals surface area contributed by atoms with Gasteiger partial charge in [0, 0.05) is 41.1 Å². The number of halogens is 4. The van der Waals surface area contributed by atoms with E-state index in [2.05, 4.69) is 20.3 Å². The molecule has 0 unspecified atom stereocenters. The first-order chi connectivity index (χ1) is 14.8. The molecule has 31 heavy (non-hydrogen) atoms. The SMILES string of the molecule is O=C(NCC(F)(F)F)[C@H]1CCCC[C@H]1Nc1cncc(-c2c[nH]c3ncc(F)cc23)c1. The Balaban J connectivity index is 1.53. The van der Waals surface area contributed by atoms with Crippen molar-refractivity contribution in [3.63, 3.8) is 0 Å². The topological polar surface area (TPSA) is 82.7 Å². The smallest absolute Gasteiger partial charge is 0.380 e. The van der Waals surface area contributed by atoms with Crippen molar-refractivity contribution in [1.29, 1.82) is 0 Å². The van der Waals surface area contributed by atoms with Crippen LogP contribution in [0, 0.1) is 11.7 Å². The van der Waals surface area contributed by atoms with Crippen LogP contribution in [-0.2, 0) is 4.79 Å². The third-order valence-electron chi connectivity index (χ3n) is 5.46. The quantitative estimate of drug-likeness (QED) is 0.519. The third-order valence-corrected chi connectivity index (χ3v) is 5.46. The second-order valence-electron chi connectivity index (χ2n) is 7.69. The molecular formula is C21H21F4N5O. The molecule has 164 valence electrons. The van der Waals surface area contributed by atoms with Crippen molar-refractivity contribution in [2.45, 2.75) is 37.9 Å². The molecule has 0 radical (unpaired) electrons. The van der Waals surface area contributed by atoms with Gasteiger partial charge in [0.1, 0.15) is 18.0 Å². The van der Waals surface area contributed by atoms with Crippen molar-refractivity contribution in [3.05, 3.63) is 42.7 Å². The Hall–Kier alpha value is -3.17. The van der Waals surface area contributed by atoms with Gasteiger partial charge in [0.05, 0.1) is 17.8 Å². The van der Waals surface area contributed by atoms with Gasteiger partial charge < -0.3 is 15.6 Å². The number of nitrogens with zero attached hydrogens (tertiary/aromatic N) is 2. The number of rotatable bonds is 5. The minimum atomic E-state index is -4.45. The molecule has 0 aliphatic heterocycles. The largest absolute Gasteiger partial charge is 0.405 e. The highest BCUT2D eigenvalue weighted by atomic mass is 19.4. The summed E-state index contributed by atoms with van der Waals surface area (Å²) in [7, 11) is 0. The minimum Gasteiger partial charge on any atom is -0.380 e. The lowest BCUT2D eigenvalue weighted by atomic mass is 9.83. The molecule has 3 heterocycles. The standard InChI is InChI=1S/C21H21F4N5O/c22-13-6-16-17(10-28-19(16)27-8-13)12-5-14(9-26-7-12)30-18-4-2-1-3-15(18)20(31)29-11-21(23,24)25/h5-10,15,18,30H,1-4,11H2,(H,27,28)(H,29,31)/t15-,18+/m0/s1. The van der Waals surface area contributed by atoms with Crippen LogP contribution in [0.1, 0.15) is 25.7 Å². The first-order valence-corrected chi connectivity index (χ1v) is 9.99. The molecule has 0 bridgehead atoms. The number of alkyl halides is 3. The lowest BCUT2D eigenvalue weighted by Gasteiger charge is -2.32. The summed E-state index contributed by atoms with van der Waals surface area (Å²) >= 11 is 0. The number of anilines is 1. The summed E-state index contributed by atoms with van der Waals surface area (Å²) in [4.78, 5) is 23.6. The van der Waals surface area contributed by atoms with E-state index in [4.69, 9.17) is 0 Å². The zero-order valence-corrected chi connectivity index (χ0v) is 16.5. The summed E-state index contributed by atoms with van der Waals surface area (Å²) in [5.74, 6) is -1.62. The van der Waals surface area contributed by atoms with Crippen LogP contribution in [0.15, 0.2) is 36.9 Å². The van der Waals surface area contributed by atoms with E-state index in [9.17, 15) is 22.4 Å². The summed E-state index contributed by atoms with van der Waals surface area (Å²) in [5.41, 5.74) is 2.62. The molecule has 2 atom stereocenters. The molecule has 1 amide bonds. The fourth-order valence-electron chi connectivity index (χ4n) is 4.03. The van der Waals surface area contributed by atoms with E-state index in [1.54, 1.807) is 18.6 Å². The lowest BCUT2D eigenvalue weighted by molar-refractivity contribution is -0.141. The van der Waals surface area contributed by atoms with Gasteiger partial charge in [-0.1, -0.05) is 12.8 Å². The van der Waals surface area contributed by atoms with Gasteiger partial charge in [-0.2, -0.15) is 13.2 Å². The molecule has 3 aromatic rings. The number of hydrogen-bond acceptors (Lipinski definition) is 4. The maximum absolute atomic E-state index is 13.6. The zero-order chi connectivity index (χ0) is 22.0. The van der Waals surface area contributed by atoms with Gasteiger partial charge in [-0.05, 0) is 25.0 Å². The van der Waals surface area contributed by atoms with Gasteiger partial charge >= 0.3 is 6.18 Å². The first kappa shape index (κ1) is 21.1. The highest BCUT2D eigenvalue weighted by molar-refractivity contribution is 5.93. The summed E-state index contributed by atoms with van der Waals surface area (Å²) in [6.45, 7) is -1.34. The van der Waals surface area contributed by atoms with Crippen molar-refractivity contribution in [3.8, 4) is 11.1 Å². The second kappa shape index (κ2) is 8.52. The van der Waals surface area contributed by atoms with Gasteiger partial charge in [-0.25, -0.2) is 9.37 Å². The molecule has 1 saturated carbocycles. The van der Waals surface area contributed by atoms with Gasteiger partial charge in [0.2, 0.25) is 5.91 Å². The number of aromatic nitrogens is 3. The van der Waals surface area contributed by atoms with Crippen molar-refractivity contribution in [1.82, 2.24) is 20.3 Å². The van der Waals surface area contributed by atoms with Crippen LogP contribution in [0.2, 0.25) is 0 Å². The second-order valence-corrected chi connectivity index (χ2v) is 7.69. The van der Waals surface area contributed by atoms with Crippen molar-refractivity contribution >= 4 is 22.6 Å². The van der Waals surface area contributed by atoms with E-state index >= 15 is 0 Å². The number of H-pyrrole nitrogens is 1. The fourth-order valence-corrected chi connectivity index (χ4v) is 4.03. The molecule has 10 heteroatoms. The molecule has 1 aliphatic carbocycles. The number of amides is 1. The minimum absolute atomic E-state index is 0.305. The average molecular weight is 435 g/mol. The molecule has 0 spiro atoms. The highest BCUT2D eigenvalue weighted by Crippen LogP contribution is 2.31. The Morgan fingerprint density at radius 2 is 1.97 bits per heavy atom. The summed E-state index contributed by atoms with van der Waals surface area (Å²) in [5, 5.41) is 5.88. The first-order valence-electron chi connectivity index (χ1n) is 9.99. The molecule has 3 aromatic heterocycles. The number of fused-ring (bicyclic) bond motifs is 1. The zero-order valence-electron chi connectivity index (χ0n) is 16.5. The van der Waals surface area contributed by atoms with Gasteiger partial charge in [-0.15, -0.1) is 0 Å². The Kier molecular flexibility index (Phi) is 5.79. The van der Waals surface area contributed by atoms with Crippen LogP contribution in [0.5, 0.6) is 0 Å². The van der Waals surface area contributed by atoms with Crippen LogP contribution in [-0.4, -0.2) is 39.6 Å². The number of carbonyl (C=O) groups is 1. The van der Waals surface area contributed by atoms with Crippen molar-refractivity contribution in [2.75, 3.05) is 11.9 Å². The number of hydrogen-bond donors (Lipinski definition) is 3. The predicted octanol–water partition coefficient (Wildman–Crippen LogP) is 4.41. The van der Waals surface area contributed by atoms with Gasteiger partial charge in [-0.3, -0.25) is 9.78 Å². The molecule has 1 aliphatic rings. The maximum Gasteiger partial charge on any atom is 0.405 e. The molecule has 0 saturated heterocycles. The van der Waals surface area contributed by atoms with Crippen LogP contribution < -0.4 is 10.6 Å². The van der Waals surface area contributed by atoms with Crippen LogP contribution in [0.3, 0.4) is 0 Å². The van der Waals surface area contributed by atoms with Gasteiger partial charge in [0.15, 0.2) is 0 Å². The molecular weight excluding hydrogens is 414 g/mol. The van der Waals surface area contributed by atoms with Crippen LogP contribution >= 0.6 is 0 Å². The molecule has 6 nitrogen and oxygen atoms in total. The van der Waals surface area contributed by atoms with Crippen LogP contribution in [0.4, 0.5) is 23.2 Å². The fraction of sp³-hybridized carbons (Fsp3) is 0.381. The van der Waals surface area contributed by atoms with Crippen molar-refractivity contribution < 1.29 is 22.4 Å². The van der Waals surface area contributed by atoms with E-state index in [0.717, 1.165) is 30.2 Å². The number of nitrogens with one attached hydrogen (secondary N) is 3. The Labute approximate surface area is 175 Å². The van der Waals surface area contributed by atoms with E-state index in [1.165, 1.54) is 6.07 Å². The predicted molar refractivity (Wildman–Crippen MR) is 108 cm³/mol. The third kappa shape index (κ3) is 4.95. The van der Waals surface area contributed by atoms with E-state index < -0.39 is 30.4 Å². The monoisotopic (exact) mass is 435 g/mol. The van der Waals surface area contributed by atoms with Gasteiger partial charge in [0.25, 0.3) is 0 Å². The lowest BCUT2D eigenvalue weighted by Crippen LogP contribution is -2.45. The molecule has 0 aromatic carbocycles. The van der Waals surface area contributed by atoms with E-state index in [1.807, 2.05) is 11.4 Å². The Morgan fingerprint density at radius 1 is 1.16 bits per heavy atom. The van der Waals surface area contributed by atoms with E-state index in [-0.39, 0.29) is 6.04 Å². The molecule has 4 rings (SSSR count). The number of pyridine rings is 2. The van der Waals surface area contributed by atoms with Crippen molar-refractivity contribution in [2.24, 2.45) is 5.92 Å². The average Bonchev–Trinajstić information content (AvgIpc) is 3.15. The number of carbonyl (C=O) groups excluding carboxylic acids is 1.